The van der Waals surface area contributed by atoms with Crippen LogP contribution in [-0.2, 0) is 11.5 Å². The molecule has 6 heteroatoms. The highest BCUT2D eigenvalue weighted by atomic mass is 32.1. The normalized spacial score (nSPS) is 5.14. The fraction of sp³-hybridized carbons (Fsp3) is 0. The van der Waals surface area contributed by atoms with Crippen molar-refractivity contribution in [2.75, 3.05) is 0 Å². The number of hydrogen-bond acceptors (Lipinski definition) is 3. The maximum Gasteiger partial charge on any atom is 0.309 e. The van der Waals surface area contributed by atoms with E-state index in [1.807, 2.05) is 0 Å². The molecule has 0 rings (SSSR count). The van der Waals surface area contributed by atoms with Crippen molar-refractivity contribution in [1.82, 2.24) is 0 Å². The van der Waals surface area contributed by atoms with Crippen LogP contribution in [-0.4, -0.2) is 10.2 Å². The highest BCUT2D eigenvalue weighted by molar-refractivity contribution is 7.53. The highest BCUT2D eigenvalue weighted by Gasteiger charge is 1.60. The van der Waals surface area contributed by atoms with Gasteiger partial charge in [0.2, 0.25) is 0 Å². The molecule has 0 atom stereocenters. The summed E-state index contributed by atoms with van der Waals surface area (Å²) < 4.78 is 14.1. The number of rotatable bonds is 0. The summed E-state index contributed by atoms with van der Waals surface area (Å²) in [6.45, 7) is 0. The summed E-state index contributed by atoms with van der Waals surface area (Å²) in [7, 11) is 0. The number of hydrogen-bond donors (Lipinski definition) is 3. The topological polar surface area (TPSA) is 110 Å². The van der Waals surface area contributed by atoms with E-state index in [1.54, 1.807) is 0 Å². The first-order valence-corrected chi connectivity index (χ1v) is 1.89. The molecule has 42 valence electrons. The third-order valence-electron chi connectivity index (χ3n) is 0. The molecule has 0 aromatic carbocycles. The molecule has 0 aromatic heterocycles. The molecule has 0 aliphatic rings. The van der Waals surface area contributed by atoms with E-state index in [-0.39, 0.29) is 11.5 Å². The smallest absolute Gasteiger partial charge is 0.309 e. The van der Waals surface area contributed by atoms with E-state index >= 15 is 0 Å². The van der Waals surface area contributed by atoms with E-state index in [2.05, 4.69) is 11.5 Å². The van der Waals surface area contributed by atoms with Crippen LogP contribution in [0.15, 0.2) is 0 Å². The van der Waals surface area contributed by atoms with Crippen molar-refractivity contribution in [1.29, 1.82) is 4.78 Å². The van der Waals surface area contributed by atoms with E-state index in [4.69, 9.17) is 13.8 Å². The first-order valence-electron chi connectivity index (χ1n) is 1.15. The van der Waals surface area contributed by atoms with Crippen LogP contribution in [0.3, 0.4) is 0 Å². The predicted molar refractivity (Wildman–Crippen MR) is 24.6 cm³/mol. The van der Waals surface area contributed by atoms with Crippen LogP contribution in [0.2, 0.25) is 0 Å². The Bertz CT molecular complexity index is 80.9. The molecule has 0 saturated carbocycles. The largest absolute Gasteiger partial charge is 0.352 e. The molecule has 0 aliphatic heterocycles. The third kappa shape index (κ3) is 58.7. The second-order valence-electron chi connectivity index (χ2n) is 0.486. The van der Waals surface area contributed by atoms with Crippen LogP contribution in [0, 0.1) is 4.78 Å². The number of urea groups is 1. The summed E-state index contributed by atoms with van der Waals surface area (Å²) in [6, 6.07) is -0.833. The monoisotopic (exact) mass is 123 g/mol. The van der Waals surface area contributed by atoms with Crippen molar-refractivity contribution >= 4 is 17.5 Å². The van der Waals surface area contributed by atoms with Gasteiger partial charge in [-0.2, -0.15) is 4.21 Å². The van der Waals surface area contributed by atoms with Gasteiger partial charge >= 0.3 is 6.03 Å². The second-order valence-corrected chi connectivity index (χ2v) is 0.652. The van der Waals surface area contributed by atoms with E-state index in [0.29, 0.717) is 0 Å². The lowest BCUT2D eigenvalue weighted by atomic mass is 11.2. The predicted octanol–water partition coefficient (Wildman–Crippen LogP) is -1.01. The molecule has 0 heterocycles. The molecule has 0 fully saturated rings. The molecule has 0 bridgehead atoms. The lowest BCUT2D eigenvalue weighted by Gasteiger charge is -1.62. The molecule has 0 spiro atoms. The van der Waals surface area contributed by atoms with Gasteiger partial charge in [0.1, 0.15) is 0 Å². The number of primary amides is 2. The van der Waals surface area contributed by atoms with Crippen LogP contribution in [0.25, 0.3) is 0 Å². The van der Waals surface area contributed by atoms with Crippen molar-refractivity contribution < 1.29 is 9.00 Å². The van der Waals surface area contributed by atoms with Gasteiger partial charge < -0.3 is 11.5 Å². The zero-order valence-corrected chi connectivity index (χ0v) is 4.20. The molecule has 7 heavy (non-hydrogen) atoms. The zero-order valence-electron chi connectivity index (χ0n) is 3.38. The minimum Gasteiger partial charge on any atom is -0.352 e. The van der Waals surface area contributed by atoms with Gasteiger partial charge in [-0.25, -0.2) is 9.57 Å². The van der Waals surface area contributed by atoms with Crippen LogP contribution in [0.5, 0.6) is 0 Å². The van der Waals surface area contributed by atoms with Gasteiger partial charge in [0.25, 0.3) is 0 Å². The summed E-state index contributed by atoms with van der Waals surface area (Å²) in [5, 5.41) is 0. The summed E-state index contributed by atoms with van der Waals surface area (Å²) in [6.07, 6.45) is 0. The van der Waals surface area contributed by atoms with Crippen molar-refractivity contribution in [2.45, 2.75) is 0 Å². The van der Waals surface area contributed by atoms with Crippen molar-refractivity contribution in [2.24, 2.45) is 11.5 Å². The SMILES string of the molecule is N=S=O.NC(N)=O. The van der Waals surface area contributed by atoms with E-state index in [1.165, 1.54) is 0 Å². The Morgan fingerprint density at radius 1 is 1.57 bits per heavy atom. The summed E-state index contributed by atoms with van der Waals surface area (Å²) >= 11 is -0.250. The fourth-order valence-electron chi connectivity index (χ4n) is 0. The fourth-order valence-corrected chi connectivity index (χ4v) is 0. The Labute approximate surface area is 43.7 Å². The minimum absolute atomic E-state index is 0.250. The molecule has 0 aliphatic carbocycles. The Kier molecular flexibility index (Phi) is 12.0. The second kappa shape index (κ2) is 8.92. The van der Waals surface area contributed by atoms with Crippen molar-refractivity contribution in [3.05, 3.63) is 0 Å². The molecular formula is CH5N3O2S. The van der Waals surface area contributed by atoms with Gasteiger partial charge in [-0.3, -0.25) is 0 Å². The average molecular weight is 123 g/mol. The summed E-state index contributed by atoms with van der Waals surface area (Å²) in [5.74, 6) is 0. The Morgan fingerprint density at radius 3 is 1.57 bits per heavy atom. The maximum atomic E-state index is 9.00. The Hall–Kier alpha value is -0.910. The number of amides is 2. The number of carbonyl (C=O) groups excluding carboxylic acids is 1. The van der Waals surface area contributed by atoms with Gasteiger partial charge in [-0.05, 0) is 0 Å². The molecule has 0 unspecified atom stereocenters. The van der Waals surface area contributed by atoms with E-state index < -0.39 is 6.03 Å². The maximum absolute atomic E-state index is 9.00. The van der Waals surface area contributed by atoms with Crippen LogP contribution >= 0.6 is 0 Å². The van der Waals surface area contributed by atoms with Crippen LogP contribution in [0.1, 0.15) is 0 Å². The van der Waals surface area contributed by atoms with Gasteiger partial charge in [-0.1, -0.05) is 0 Å². The summed E-state index contributed by atoms with van der Waals surface area (Å²) in [5.41, 5.74) is 8.50. The Balaban J connectivity index is 0. The number of nitrogens with one attached hydrogen (secondary N) is 1. The molecule has 0 aromatic rings. The van der Waals surface area contributed by atoms with Gasteiger partial charge in [0, 0.05) is 0 Å². The quantitative estimate of drug-likeness (QED) is 0.383. The highest BCUT2D eigenvalue weighted by Crippen LogP contribution is 1.25. The minimum atomic E-state index is -0.833. The molecule has 0 saturated heterocycles. The standard InChI is InChI=1S/CH4N2O.HNOS/c2-1(3)4;1-3-2/h(H4,2,3,4);1H. The molecular weight excluding hydrogens is 118 g/mol. The molecule has 5 nitrogen and oxygen atoms in total. The molecule has 0 radical (unpaired) electrons. The van der Waals surface area contributed by atoms with Gasteiger partial charge in [-0.15, -0.1) is 0 Å². The van der Waals surface area contributed by atoms with E-state index in [9.17, 15) is 0 Å². The van der Waals surface area contributed by atoms with Crippen LogP contribution in [0.4, 0.5) is 4.79 Å². The lowest BCUT2D eigenvalue weighted by Crippen LogP contribution is -2.18. The molecule has 2 amide bonds. The molecule has 5 N–H and O–H groups in total. The first-order chi connectivity index (χ1) is 3.15. The third-order valence-corrected chi connectivity index (χ3v) is 0. The number of carbonyl (C=O) groups is 1. The summed E-state index contributed by atoms with van der Waals surface area (Å²) in [4.78, 5) is 9.00. The van der Waals surface area contributed by atoms with Crippen LogP contribution < -0.4 is 11.5 Å². The number of nitrogens with two attached hydrogens (primary N) is 2. The van der Waals surface area contributed by atoms with Crippen molar-refractivity contribution in [3.63, 3.8) is 0 Å². The lowest BCUT2D eigenvalue weighted by molar-refractivity contribution is 0.256. The van der Waals surface area contributed by atoms with Gasteiger partial charge in [0.15, 0.2) is 11.5 Å². The van der Waals surface area contributed by atoms with E-state index in [0.717, 1.165) is 0 Å². The van der Waals surface area contributed by atoms with Gasteiger partial charge in [0.05, 0.1) is 0 Å². The van der Waals surface area contributed by atoms with Crippen molar-refractivity contribution in [3.8, 4) is 0 Å². The average Bonchev–Trinajstić information content (AvgIpc) is 1.33. The first kappa shape index (κ1) is 9.43. The Morgan fingerprint density at radius 2 is 1.57 bits per heavy atom. The zero-order chi connectivity index (χ0) is 6.28.